The lowest BCUT2D eigenvalue weighted by Gasteiger charge is -2.09. The fraction of sp³-hybridized carbons (Fsp3) is 0.111. The van der Waals surface area contributed by atoms with Gasteiger partial charge >= 0.3 is 0 Å². The zero-order valence-corrected chi connectivity index (χ0v) is 18.6. The minimum atomic E-state index is -0.315. The highest BCUT2D eigenvalue weighted by atomic mass is 19.1. The van der Waals surface area contributed by atoms with Crippen molar-refractivity contribution in [3.8, 4) is 11.3 Å². The first-order valence-corrected chi connectivity index (χ1v) is 10.8. The van der Waals surface area contributed by atoms with Gasteiger partial charge in [-0.25, -0.2) is 14.4 Å². The molecule has 0 unspecified atom stereocenters. The van der Waals surface area contributed by atoms with Crippen molar-refractivity contribution in [2.24, 2.45) is 0 Å². The van der Waals surface area contributed by atoms with Crippen molar-refractivity contribution in [3.05, 3.63) is 108 Å². The molecule has 1 heterocycles. The van der Waals surface area contributed by atoms with Crippen LogP contribution in [0.1, 0.15) is 28.4 Å². The summed E-state index contributed by atoms with van der Waals surface area (Å²) in [4.78, 5) is 32.7. The maximum absolute atomic E-state index is 13.0. The Hall–Kier alpha value is -4.39. The monoisotopic (exact) mass is 454 g/mol. The van der Waals surface area contributed by atoms with E-state index in [1.807, 2.05) is 36.4 Å². The number of carbonyl (C=O) groups excluding carboxylic acids is 2. The van der Waals surface area contributed by atoms with Gasteiger partial charge < -0.3 is 10.6 Å². The van der Waals surface area contributed by atoms with Crippen molar-refractivity contribution in [3.63, 3.8) is 0 Å². The van der Waals surface area contributed by atoms with E-state index in [4.69, 9.17) is 0 Å². The zero-order valence-electron chi connectivity index (χ0n) is 18.6. The molecule has 0 aliphatic heterocycles. The van der Waals surface area contributed by atoms with E-state index in [1.54, 1.807) is 43.5 Å². The molecule has 34 heavy (non-hydrogen) atoms. The van der Waals surface area contributed by atoms with Gasteiger partial charge in [0.1, 0.15) is 11.6 Å². The molecular weight excluding hydrogens is 431 g/mol. The largest absolute Gasteiger partial charge is 0.348 e. The van der Waals surface area contributed by atoms with Gasteiger partial charge in [0.05, 0.1) is 5.69 Å². The standard InChI is InChI=1S/C27H23FN4O2/c1-18(33)15-19-5-9-21(10-6-19)25-13-14-29-27(32-25)31-24-4-2-3-22(16-24)26(34)30-17-20-7-11-23(28)12-8-20/h2-14,16H,15,17H2,1H3,(H,30,34)(H,29,31,32). The smallest absolute Gasteiger partial charge is 0.251 e. The molecule has 0 saturated heterocycles. The van der Waals surface area contributed by atoms with Crippen LogP contribution in [0.5, 0.6) is 0 Å². The SMILES string of the molecule is CC(=O)Cc1ccc(-c2ccnc(Nc3cccc(C(=O)NCc4ccc(F)cc4)c3)n2)cc1. The highest BCUT2D eigenvalue weighted by Gasteiger charge is 2.08. The Bertz CT molecular complexity index is 1310. The summed E-state index contributed by atoms with van der Waals surface area (Å²) in [7, 11) is 0. The first-order valence-electron chi connectivity index (χ1n) is 10.8. The second kappa shape index (κ2) is 10.5. The molecule has 0 aliphatic rings. The minimum Gasteiger partial charge on any atom is -0.348 e. The molecule has 6 nitrogen and oxygen atoms in total. The molecule has 2 N–H and O–H groups in total. The summed E-state index contributed by atoms with van der Waals surface area (Å²) in [6, 6.07) is 22.5. The summed E-state index contributed by atoms with van der Waals surface area (Å²) >= 11 is 0. The van der Waals surface area contributed by atoms with E-state index >= 15 is 0 Å². The van der Waals surface area contributed by atoms with E-state index in [0.717, 1.165) is 22.4 Å². The van der Waals surface area contributed by atoms with Crippen LogP contribution in [-0.2, 0) is 17.8 Å². The topological polar surface area (TPSA) is 84.0 Å². The maximum atomic E-state index is 13.0. The quantitative estimate of drug-likeness (QED) is 0.388. The molecule has 0 spiro atoms. The Morgan fingerprint density at radius 2 is 1.65 bits per heavy atom. The third-order valence-electron chi connectivity index (χ3n) is 5.11. The molecule has 7 heteroatoms. The highest BCUT2D eigenvalue weighted by molar-refractivity contribution is 5.95. The van der Waals surface area contributed by atoms with Gasteiger partial charge in [0.15, 0.2) is 0 Å². The van der Waals surface area contributed by atoms with Crippen LogP contribution in [0.3, 0.4) is 0 Å². The predicted octanol–water partition coefficient (Wildman–Crippen LogP) is 5.09. The number of rotatable bonds is 8. The summed E-state index contributed by atoms with van der Waals surface area (Å²) in [6.45, 7) is 1.87. The molecular formula is C27H23FN4O2. The number of carbonyl (C=O) groups is 2. The average Bonchev–Trinajstić information content (AvgIpc) is 2.84. The molecule has 4 rings (SSSR count). The zero-order chi connectivity index (χ0) is 23.9. The number of nitrogens with one attached hydrogen (secondary N) is 2. The van der Waals surface area contributed by atoms with Crippen LogP contribution in [0.15, 0.2) is 85.1 Å². The minimum absolute atomic E-state index is 0.118. The molecule has 1 aromatic heterocycles. The van der Waals surface area contributed by atoms with Crippen LogP contribution in [0.2, 0.25) is 0 Å². The van der Waals surface area contributed by atoms with E-state index in [9.17, 15) is 14.0 Å². The molecule has 0 saturated carbocycles. The van der Waals surface area contributed by atoms with Crippen molar-refractivity contribution in [1.29, 1.82) is 0 Å². The van der Waals surface area contributed by atoms with Gasteiger partial charge in [0.2, 0.25) is 5.95 Å². The van der Waals surface area contributed by atoms with Crippen LogP contribution in [0.25, 0.3) is 11.3 Å². The van der Waals surface area contributed by atoms with Gasteiger partial charge in [0, 0.05) is 36.0 Å². The van der Waals surface area contributed by atoms with Crippen molar-refractivity contribution in [2.45, 2.75) is 19.9 Å². The molecule has 3 aromatic carbocycles. The van der Waals surface area contributed by atoms with Gasteiger partial charge in [-0.1, -0.05) is 42.5 Å². The fourth-order valence-electron chi connectivity index (χ4n) is 3.41. The van der Waals surface area contributed by atoms with Gasteiger partial charge in [-0.05, 0) is 54.4 Å². The van der Waals surface area contributed by atoms with E-state index < -0.39 is 0 Å². The number of amides is 1. The number of benzene rings is 3. The van der Waals surface area contributed by atoms with Crippen molar-refractivity contribution in [1.82, 2.24) is 15.3 Å². The Morgan fingerprint density at radius 1 is 0.912 bits per heavy atom. The third-order valence-corrected chi connectivity index (χ3v) is 5.11. The summed E-state index contributed by atoms with van der Waals surface area (Å²) in [6.07, 6.45) is 2.07. The van der Waals surface area contributed by atoms with Crippen LogP contribution in [0, 0.1) is 5.82 Å². The normalized spacial score (nSPS) is 10.5. The summed E-state index contributed by atoms with van der Waals surface area (Å²) < 4.78 is 13.0. The molecule has 0 aliphatic carbocycles. The number of anilines is 2. The van der Waals surface area contributed by atoms with Gasteiger partial charge in [0.25, 0.3) is 5.91 Å². The molecule has 170 valence electrons. The van der Waals surface area contributed by atoms with E-state index in [-0.39, 0.29) is 17.5 Å². The van der Waals surface area contributed by atoms with E-state index in [0.29, 0.717) is 30.2 Å². The molecule has 0 atom stereocenters. The Labute approximate surface area is 196 Å². The molecule has 0 radical (unpaired) electrons. The van der Waals surface area contributed by atoms with Crippen molar-refractivity contribution >= 4 is 23.3 Å². The third kappa shape index (κ3) is 6.10. The van der Waals surface area contributed by atoms with Crippen molar-refractivity contribution < 1.29 is 14.0 Å². The summed E-state index contributed by atoms with van der Waals surface area (Å²) in [5.41, 5.74) is 4.56. The number of nitrogens with zero attached hydrogens (tertiary/aromatic N) is 2. The van der Waals surface area contributed by atoms with Gasteiger partial charge in [-0.3, -0.25) is 9.59 Å². The summed E-state index contributed by atoms with van der Waals surface area (Å²) in [5, 5.41) is 5.97. The number of hydrogen-bond acceptors (Lipinski definition) is 5. The lowest BCUT2D eigenvalue weighted by Crippen LogP contribution is -2.22. The first kappa shape index (κ1) is 22.8. The number of aromatic nitrogens is 2. The second-order valence-electron chi connectivity index (χ2n) is 7.86. The Kier molecular flexibility index (Phi) is 7.03. The fourth-order valence-corrected chi connectivity index (χ4v) is 3.41. The maximum Gasteiger partial charge on any atom is 0.251 e. The highest BCUT2D eigenvalue weighted by Crippen LogP contribution is 2.21. The lowest BCUT2D eigenvalue weighted by molar-refractivity contribution is -0.116. The first-order chi connectivity index (χ1) is 16.5. The van der Waals surface area contributed by atoms with E-state index in [1.165, 1.54) is 12.1 Å². The Morgan fingerprint density at radius 3 is 2.38 bits per heavy atom. The molecule has 0 fully saturated rings. The number of Topliss-reactive ketones (excluding diaryl/α,β-unsaturated/α-hetero) is 1. The molecule has 0 bridgehead atoms. The van der Waals surface area contributed by atoms with Crippen LogP contribution in [0.4, 0.5) is 16.0 Å². The van der Waals surface area contributed by atoms with Gasteiger partial charge in [-0.15, -0.1) is 0 Å². The summed E-state index contributed by atoms with van der Waals surface area (Å²) in [5.74, 6) is -0.0414. The lowest BCUT2D eigenvalue weighted by atomic mass is 10.1. The number of ketones is 1. The van der Waals surface area contributed by atoms with Crippen LogP contribution < -0.4 is 10.6 Å². The second-order valence-corrected chi connectivity index (χ2v) is 7.86. The van der Waals surface area contributed by atoms with Gasteiger partial charge in [-0.2, -0.15) is 0 Å². The molecule has 1 amide bonds. The number of hydrogen-bond donors (Lipinski definition) is 2. The number of halogens is 1. The van der Waals surface area contributed by atoms with Crippen LogP contribution >= 0.6 is 0 Å². The average molecular weight is 455 g/mol. The van der Waals surface area contributed by atoms with E-state index in [2.05, 4.69) is 20.6 Å². The van der Waals surface area contributed by atoms with Crippen molar-refractivity contribution in [2.75, 3.05) is 5.32 Å². The Balaban J connectivity index is 1.43. The van der Waals surface area contributed by atoms with Crippen LogP contribution in [-0.4, -0.2) is 21.7 Å². The predicted molar refractivity (Wildman–Crippen MR) is 129 cm³/mol. The molecule has 4 aromatic rings.